The minimum Gasteiger partial charge on any atom is -0.391 e. The standard InChI is InChI=1S/C18H32N6O5S/c1-18(2,3)15(17(27)23-11-13(25)9-14(23)16(26)19-4)24-10-12(20-21-24)7-8-30(28,29)22(5)6/h10,13-15,25H,7-9,11H2,1-6H3,(H,19,26)/t13?,14-,15?/m1/s1. The van der Waals surface area contributed by atoms with E-state index in [0.29, 0.717) is 5.69 Å². The fourth-order valence-electron chi connectivity index (χ4n) is 3.48. The van der Waals surface area contributed by atoms with Gasteiger partial charge in [-0.2, -0.15) is 0 Å². The van der Waals surface area contributed by atoms with Crippen molar-refractivity contribution in [1.82, 2.24) is 29.5 Å². The molecule has 0 radical (unpaired) electrons. The molecule has 2 unspecified atom stereocenters. The number of amides is 2. The lowest BCUT2D eigenvalue weighted by atomic mass is 9.85. The van der Waals surface area contributed by atoms with Crippen LogP contribution >= 0.6 is 0 Å². The molecule has 0 aromatic carbocycles. The number of rotatable bonds is 7. The number of nitrogens with zero attached hydrogens (tertiary/aromatic N) is 5. The first-order chi connectivity index (χ1) is 13.8. The van der Waals surface area contributed by atoms with Crippen molar-refractivity contribution in [2.45, 2.75) is 51.8 Å². The number of likely N-dealkylation sites (tertiary alicyclic amines) is 1. The second-order valence-electron chi connectivity index (χ2n) is 8.82. The number of aliphatic hydroxyl groups excluding tert-OH is 1. The lowest BCUT2D eigenvalue weighted by Crippen LogP contribution is -2.49. The van der Waals surface area contributed by atoms with E-state index in [0.717, 1.165) is 4.31 Å². The summed E-state index contributed by atoms with van der Waals surface area (Å²) in [5, 5.41) is 20.7. The minimum atomic E-state index is -3.38. The summed E-state index contributed by atoms with van der Waals surface area (Å²) >= 11 is 0. The van der Waals surface area contributed by atoms with Crippen molar-refractivity contribution in [2.75, 3.05) is 33.4 Å². The molecule has 1 aliphatic rings. The van der Waals surface area contributed by atoms with E-state index in [1.807, 2.05) is 20.8 Å². The van der Waals surface area contributed by atoms with Gasteiger partial charge in [-0.25, -0.2) is 17.4 Å². The zero-order chi connectivity index (χ0) is 22.9. The van der Waals surface area contributed by atoms with E-state index >= 15 is 0 Å². The molecular formula is C18H32N6O5S. The van der Waals surface area contributed by atoms with Gasteiger partial charge in [-0.15, -0.1) is 5.10 Å². The van der Waals surface area contributed by atoms with Gasteiger partial charge in [0.15, 0.2) is 0 Å². The fraction of sp³-hybridized carbons (Fsp3) is 0.778. The third-order valence-corrected chi connectivity index (χ3v) is 6.99. The molecule has 1 aliphatic heterocycles. The Hall–Kier alpha value is -2.05. The van der Waals surface area contributed by atoms with Crippen LogP contribution in [0.25, 0.3) is 0 Å². The summed E-state index contributed by atoms with van der Waals surface area (Å²) in [7, 11) is 1.04. The number of β-amino-alcohol motifs (C(OH)–C–C–N with tert-alkyl or cyclic N) is 1. The number of aryl methyl sites for hydroxylation is 1. The van der Waals surface area contributed by atoms with Gasteiger partial charge < -0.3 is 15.3 Å². The summed E-state index contributed by atoms with van der Waals surface area (Å²) in [6, 6.07) is -1.53. The van der Waals surface area contributed by atoms with Crippen molar-refractivity contribution in [3.05, 3.63) is 11.9 Å². The van der Waals surface area contributed by atoms with Gasteiger partial charge in [0, 0.05) is 46.7 Å². The average Bonchev–Trinajstić information content (AvgIpc) is 3.24. The number of hydrogen-bond acceptors (Lipinski definition) is 7. The molecule has 3 atom stereocenters. The average molecular weight is 445 g/mol. The monoisotopic (exact) mass is 444 g/mol. The Bertz CT molecular complexity index is 876. The van der Waals surface area contributed by atoms with Crippen molar-refractivity contribution in [3.8, 4) is 0 Å². The van der Waals surface area contributed by atoms with Crippen molar-refractivity contribution < 1.29 is 23.1 Å². The van der Waals surface area contributed by atoms with Gasteiger partial charge in [-0.05, 0) is 5.41 Å². The Labute approximate surface area is 177 Å². The van der Waals surface area contributed by atoms with E-state index < -0.39 is 33.6 Å². The number of sulfonamides is 1. The predicted molar refractivity (Wildman–Crippen MR) is 110 cm³/mol. The number of aromatic nitrogens is 3. The molecule has 2 heterocycles. The maximum absolute atomic E-state index is 13.4. The van der Waals surface area contributed by atoms with Gasteiger partial charge >= 0.3 is 0 Å². The van der Waals surface area contributed by atoms with Gasteiger partial charge in [0.05, 0.1) is 17.6 Å². The van der Waals surface area contributed by atoms with E-state index in [4.69, 9.17) is 0 Å². The summed E-state index contributed by atoms with van der Waals surface area (Å²) < 4.78 is 26.6. The highest BCUT2D eigenvalue weighted by Gasteiger charge is 2.45. The molecule has 0 spiro atoms. The van der Waals surface area contributed by atoms with Crippen LogP contribution in [-0.2, 0) is 26.0 Å². The van der Waals surface area contributed by atoms with Crippen molar-refractivity contribution in [3.63, 3.8) is 0 Å². The molecule has 0 bridgehead atoms. The smallest absolute Gasteiger partial charge is 0.248 e. The normalized spacial score (nSPS) is 21.1. The Morgan fingerprint density at radius 1 is 1.37 bits per heavy atom. The number of carbonyl (C=O) groups excluding carboxylic acids is 2. The fourth-order valence-corrected chi connectivity index (χ4v) is 4.31. The molecule has 2 rings (SSSR count). The maximum atomic E-state index is 13.4. The van der Waals surface area contributed by atoms with E-state index in [1.165, 1.54) is 30.7 Å². The highest BCUT2D eigenvalue weighted by molar-refractivity contribution is 7.89. The van der Waals surface area contributed by atoms with Gasteiger partial charge in [-0.1, -0.05) is 26.0 Å². The maximum Gasteiger partial charge on any atom is 0.248 e. The number of aliphatic hydroxyl groups is 1. The molecule has 11 nitrogen and oxygen atoms in total. The van der Waals surface area contributed by atoms with Crippen LogP contribution in [0.15, 0.2) is 6.20 Å². The first-order valence-electron chi connectivity index (χ1n) is 9.79. The van der Waals surface area contributed by atoms with Crippen LogP contribution < -0.4 is 5.32 Å². The Morgan fingerprint density at radius 3 is 2.53 bits per heavy atom. The van der Waals surface area contributed by atoms with Crippen molar-refractivity contribution in [1.29, 1.82) is 0 Å². The summed E-state index contributed by atoms with van der Waals surface area (Å²) in [6.45, 7) is 5.67. The van der Waals surface area contributed by atoms with Gasteiger partial charge in [0.2, 0.25) is 21.8 Å². The van der Waals surface area contributed by atoms with E-state index in [-0.39, 0.29) is 37.0 Å². The highest BCUT2D eigenvalue weighted by Crippen LogP contribution is 2.34. The van der Waals surface area contributed by atoms with Crippen LogP contribution in [0.1, 0.15) is 38.9 Å². The van der Waals surface area contributed by atoms with E-state index in [1.54, 1.807) is 6.20 Å². The second kappa shape index (κ2) is 8.98. The molecule has 2 amide bonds. The van der Waals surface area contributed by atoms with Crippen LogP contribution in [0.2, 0.25) is 0 Å². The molecule has 0 saturated carbocycles. The molecule has 30 heavy (non-hydrogen) atoms. The summed E-state index contributed by atoms with van der Waals surface area (Å²) in [6.07, 6.45) is 1.13. The molecular weight excluding hydrogens is 412 g/mol. The van der Waals surface area contributed by atoms with E-state index in [9.17, 15) is 23.1 Å². The Morgan fingerprint density at radius 2 is 2.00 bits per heavy atom. The summed E-state index contributed by atoms with van der Waals surface area (Å²) in [4.78, 5) is 27.0. The van der Waals surface area contributed by atoms with Crippen molar-refractivity contribution in [2.24, 2.45) is 5.41 Å². The number of likely N-dealkylation sites (N-methyl/N-ethyl adjacent to an activating group) is 1. The lowest BCUT2D eigenvalue weighted by molar-refractivity contribution is -0.144. The van der Waals surface area contributed by atoms with Crippen LogP contribution in [0, 0.1) is 5.41 Å². The zero-order valence-electron chi connectivity index (χ0n) is 18.4. The minimum absolute atomic E-state index is 0.0616. The molecule has 170 valence electrons. The van der Waals surface area contributed by atoms with Crippen molar-refractivity contribution >= 4 is 21.8 Å². The third-order valence-electron chi connectivity index (χ3n) is 5.16. The second-order valence-corrected chi connectivity index (χ2v) is 11.1. The topological polar surface area (TPSA) is 138 Å². The Kier molecular flexibility index (Phi) is 7.25. The third kappa shape index (κ3) is 5.35. The number of nitrogens with one attached hydrogen (secondary N) is 1. The molecule has 12 heteroatoms. The van der Waals surface area contributed by atoms with Gasteiger partial charge in [-0.3, -0.25) is 9.59 Å². The van der Waals surface area contributed by atoms with Crippen LogP contribution in [0.3, 0.4) is 0 Å². The molecule has 2 N–H and O–H groups in total. The molecule has 1 fully saturated rings. The molecule has 1 aromatic rings. The summed E-state index contributed by atoms with van der Waals surface area (Å²) in [5.74, 6) is -0.796. The summed E-state index contributed by atoms with van der Waals surface area (Å²) in [5.41, 5.74) is -0.120. The predicted octanol–water partition coefficient (Wildman–Crippen LogP) is -0.993. The van der Waals surface area contributed by atoms with Crippen LogP contribution in [0.4, 0.5) is 0 Å². The number of carbonyl (C=O) groups is 2. The SMILES string of the molecule is CNC(=O)[C@H]1CC(O)CN1C(=O)C(n1cc(CCS(=O)(=O)N(C)C)nn1)C(C)(C)C. The first kappa shape index (κ1) is 24.2. The Balaban J connectivity index is 2.28. The van der Waals surface area contributed by atoms with Crippen LogP contribution in [-0.4, -0.2) is 95.1 Å². The molecule has 0 aliphatic carbocycles. The van der Waals surface area contributed by atoms with Gasteiger partial charge in [0.1, 0.15) is 12.1 Å². The highest BCUT2D eigenvalue weighted by atomic mass is 32.2. The largest absolute Gasteiger partial charge is 0.391 e. The van der Waals surface area contributed by atoms with E-state index in [2.05, 4.69) is 15.6 Å². The van der Waals surface area contributed by atoms with Gasteiger partial charge in [0.25, 0.3) is 0 Å². The number of hydrogen-bond donors (Lipinski definition) is 2. The first-order valence-corrected chi connectivity index (χ1v) is 11.4. The van der Waals surface area contributed by atoms with Crippen LogP contribution in [0.5, 0.6) is 0 Å². The lowest BCUT2D eigenvalue weighted by Gasteiger charge is -2.34. The molecule has 1 saturated heterocycles. The zero-order valence-corrected chi connectivity index (χ0v) is 19.2. The quantitative estimate of drug-likeness (QED) is 0.550. The molecule has 1 aromatic heterocycles.